The maximum atomic E-state index is 11.3. The van der Waals surface area contributed by atoms with Gasteiger partial charge in [0.25, 0.3) is 0 Å². The van der Waals surface area contributed by atoms with Crippen LogP contribution >= 0.6 is 0 Å². The summed E-state index contributed by atoms with van der Waals surface area (Å²) in [6.45, 7) is 7.83. The van der Waals surface area contributed by atoms with Gasteiger partial charge in [-0.1, -0.05) is 30.7 Å². The first-order valence-electron chi connectivity index (χ1n) is 6.52. The number of likely N-dealkylation sites (tertiary alicyclic amines) is 1. The number of carbonyl (C=O) groups is 1. The van der Waals surface area contributed by atoms with E-state index in [0.29, 0.717) is 0 Å². The summed E-state index contributed by atoms with van der Waals surface area (Å²) in [6.07, 6.45) is 0.974. The minimum absolute atomic E-state index is 0.244. The highest BCUT2D eigenvalue weighted by Gasteiger charge is 2.36. The lowest BCUT2D eigenvalue weighted by atomic mass is 10.0. The number of hydrogen-bond donors (Lipinski definition) is 1. The zero-order valence-corrected chi connectivity index (χ0v) is 11.3. The molecule has 2 rings (SSSR count). The minimum Gasteiger partial charge on any atom is -0.480 e. The van der Waals surface area contributed by atoms with Gasteiger partial charge in [-0.3, -0.25) is 9.69 Å². The molecule has 1 saturated heterocycles. The van der Waals surface area contributed by atoms with Crippen LogP contribution in [-0.2, 0) is 11.3 Å². The maximum absolute atomic E-state index is 11.3. The van der Waals surface area contributed by atoms with E-state index in [2.05, 4.69) is 36.9 Å². The Morgan fingerprint density at radius 2 is 2.17 bits per heavy atom. The maximum Gasteiger partial charge on any atom is 0.321 e. The smallest absolute Gasteiger partial charge is 0.321 e. The molecule has 3 heteroatoms. The van der Waals surface area contributed by atoms with Crippen LogP contribution < -0.4 is 0 Å². The Bertz CT molecular complexity index is 456. The van der Waals surface area contributed by atoms with Crippen LogP contribution in [0.25, 0.3) is 0 Å². The van der Waals surface area contributed by atoms with E-state index >= 15 is 0 Å². The van der Waals surface area contributed by atoms with Gasteiger partial charge in [0.2, 0.25) is 0 Å². The molecule has 3 nitrogen and oxygen atoms in total. The van der Waals surface area contributed by atoms with Crippen molar-refractivity contribution in [1.82, 2.24) is 4.90 Å². The highest BCUT2D eigenvalue weighted by molar-refractivity contribution is 5.74. The first-order chi connectivity index (χ1) is 8.49. The van der Waals surface area contributed by atoms with Crippen molar-refractivity contribution in [3.63, 3.8) is 0 Å². The molecule has 0 radical (unpaired) electrons. The molecule has 0 aromatic heterocycles. The van der Waals surface area contributed by atoms with E-state index in [9.17, 15) is 9.90 Å². The number of aliphatic carboxylic acids is 1. The average molecular weight is 247 g/mol. The van der Waals surface area contributed by atoms with E-state index < -0.39 is 5.97 Å². The molecule has 0 aliphatic carbocycles. The van der Waals surface area contributed by atoms with Crippen molar-refractivity contribution in [2.75, 3.05) is 6.54 Å². The second-order valence-corrected chi connectivity index (χ2v) is 5.45. The van der Waals surface area contributed by atoms with Crippen LogP contribution in [0.15, 0.2) is 18.2 Å². The molecule has 1 aromatic rings. The highest BCUT2D eigenvalue weighted by Crippen LogP contribution is 2.26. The van der Waals surface area contributed by atoms with Gasteiger partial charge in [0.15, 0.2) is 0 Å². The quantitative estimate of drug-likeness (QED) is 0.892. The Hall–Kier alpha value is -1.35. The molecule has 1 N–H and O–H groups in total. The minimum atomic E-state index is -0.690. The van der Waals surface area contributed by atoms with Gasteiger partial charge < -0.3 is 5.11 Å². The van der Waals surface area contributed by atoms with Crippen LogP contribution in [0.5, 0.6) is 0 Å². The van der Waals surface area contributed by atoms with Crippen molar-refractivity contribution in [2.24, 2.45) is 5.92 Å². The fourth-order valence-corrected chi connectivity index (χ4v) is 2.85. The van der Waals surface area contributed by atoms with Crippen molar-refractivity contribution in [3.8, 4) is 0 Å². The molecule has 2 atom stereocenters. The molecule has 0 bridgehead atoms. The second-order valence-electron chi connectivity index (χ2n) is 5.45. The normalized spacial score (nSPS) is 24.4. The summed E-state index contributed by atoms with van der Waals surface area (Å²) in [5.74, 6) is -0.446. The van der Waals surface area contributed by atoms with Gasteiger partial charge in [-0.2, -0.15) is 0 Å². The SMILES string of the molecule is Cc1ccc(CN2CCC(C)C2C(=O)O)c(C)c1. The van der Waals surface area contributed by atoms with Crippen LogP contribution in [0.3, 0.4) is 0 Å². The Morgan fingerprint density at radius 3 is 2.78 bits per heavy atom. The van der Waals surface area contributed by atoms with E-state index in [4.69, 9.17) is 0 Å². The summed E-state index contributed by atoms with van der Waals surface area (Å²) in [5.41, 5.74) is 3.74. The summed E-state index contributed by atoms with van der Waals surface area (Å²) >= 11 is 0. The second kappa shape index (κ2) is 5.11. The molecule has 0 saturated carbocycles. The van der Waals surface area contributed by atoms with Gasteiger partial charge >= 0.3 is 5.97 Å². The van der Waals surface area contributed by atoms with Crippen molar-refractivity contribution in [1.29, 1.82) is 0 Å². The van der Waals surface area contributed by atoms with Gasteiger partial charge in [-0.05, 0) is 43.9 Å². The fraction of sp³-hybridized carbons (Fsp3) is 0.533. The first kappa shape index (κ1) is 13.1. The number of carboxylic acid groups (broad SMARTS) is 1. The molecule has 18 heavy (non-hydrogen) atoms. The van der Waals surface area contributed by atoms with Crippen LogP contribution in [0.4, 0.5) is 0 Å². The predicted octanol–water partition coefficient (Wildman–Crippen LogP) is 2.60. The largest absolute Gasteiger partial charge is 0.480 e. The van der Waals surface area contributed by atoms with E-state index in [0.717, 1.165) is 19.5 Å². The first-order valence-corrected chi connectivity index (χ1v) is 6.52. The molecule has 0 amide bonds. The molecule has 98 valence electrons. The monoisotopic (exact) mass is 247 g/mol. The molecule has 2 unspecified atom stereocenters. The van der Waals surface area contributed by atoms with Gasteiger partial charge in [0.05, 0.1) is 0 Å². The fourth-order valence-electron chi connectivity index (χ4n) is 2.85. The van der Waals surface area contributed by atoms with E-state index in [1.807, 2.05) is 6.92 Å². The predicted molar refractivity (Wildman–Crippen MR) is 71.5 cm³/mol. The topological polar surface area (TPSA) is 40.5 Å². The van der Waals surface area contributed by atoms with Crippen LogP contribution in [0.2, 0.25) is 0 Å². The zero-order valence-electron chi connectivity index (χ0n) is 11.3. The lowest BCUT2D eigenvalue weighted by Gasteiger charge is -2.24. The highest BCUT2D eigenvalue weighted by atomic mass is 16.4. The third-order valence-electron chi connectivity index (χ3n) is 3.93. The number of hydrogen-bond acceptors (Lipinski definition) is 2. The van der Waals surface area contributed by atoms with Gasteiger partial charge in [-0.25, -0.2) is 0 Å². The third kappa shape index (κ3) is 2.56. The molecule has 1 aliphatic heterocycles. The summed E-state index contributed by atoms with van der Waals surface area (Å²) in [4.78, 5) is 13.4. The summed E-state index contributed by atoms with van der Waals surface area (Å²) in [5, 5.41) is 9.30. The summed E-state index contributed by atoms with van der Waals surface area (Å²) < 4.78 is 0. The van der Waals surface area contributed by atoms with Crippen LogP contribution in [0, 0.1) is 19.8 Å². The average Bonchev–Trinajstić information content (AvgIpc) is 2.64. The van der Waals surface area contributed by atoms with Crippen molar-refractivity contribution >= 4 is 5.97 Å². The number of aryl methyl sites for hydroxylation is 2. The van der Waals surface area contributed by atoms with Crippen LogP contribution in [-0.4, -0.2) is 28.6 Å². The molecule has 0 spiro atoms. The van der Waals surface area contributed by atoms with Gasteiger partial charge in [0.1, 0.15) is 6.04 Å². The van der Waals surface area contributed by atoms with Crippen molar-refractivity contribution in [3.05, 3.63) is 34.9 Å². The molecular formula is C15H21NO2. The van der Waals surface area contributed by atoms with E-state index in [1.165, 1.54) is 16.7 Å². The Kier molecular flexibility index (Phi) is 3.71. The van der Waals surface area contributed by atoms with Crippen molar-refractivity contribution < 1.29 is 9.90 Å². The number of benzene rings is 1. The molecule has 1 heterocycles. The Labute approximate surface area is 108 Å². The summed E-state index contributed by atoms with van der Waals surface area (Å²) in [7, 11) is 0. The molecule has 1 aliphatic rings. The van der Waals surface area contributed by atoms with Gasteiger partial charge in [-0.15, -0.1) is 0 Å². The summed E-state index contributed by atoms with van der Waals surface area (Å²) in [6, 6.07) is 6.04. The third-order valence-corrected chi connectivity index (χ3v) is 3.93. The zero-order chi connectivity index (χ0) is 13.3. The number of carboxylic acids is 1. The standard InChI is InChI=1S/C15H21NO2/c1-10-4-5-13(12(3)8-10)9-16-7-6-11(2)14(16)15(17)18/h4-5,8,11,14H,6-7,9H2,1-3H3,(H,17,18). The molecule has 1 fully saturated rings. The molecular weight excluding hydrogens is 226 g/mol. The van der Waals surface area contributed by atoms with E-state index in [1.54, 1.807) is 0 Å². The number of rotatable bonds is 3. The molecule has 1 aromatic carbocycles. The lowest BCUT2D eigenvalue weighted by Crippen LogP contribution is -2.38. The van der Waals surface area contributed by atoms with Gasteiger partial charge in [0, 0.05) is 6.54 Å². The van der Waals surface area contributed by atoms with Crippen LogP contribution in [0.1, 0.15) is 30.0 Å². The van der Waals surface area contributed by atoms with Crippen molar-refractivity contribution in [2.45, 2.75) is 39.8 Å². The Balaban J connectivity index is 2.16. The van der Waals surface area contributed by atoms with E-state index in [-0.39, 0.29) is 12.0 Å². The Morgan fingerprint density at radius 1 is 1.44 bits per heavy atom. The number of nitrogens with zero attached hydrogens (tertiary/aromatic N) is 1. The lowest BCUT2D eigenvalue weighted by molar-refractivity contribution is -0.143.